The molecule has 0 amide bonds. The first-order valence-corrected chi connectivity index (χ1v) is 9.79. The monoisotopic (exact) mass is 407 g/mol. The van der Waals surface area contributed by atoms with E-state index in [4.69, 9.17) is 11.6 Å². The number of halogens is 2. The molecule has 0 unspecified atom stereocenters. The van der Waals surface area contributed by atoms with E-state index in [-0.39, 0.29) is 28.6 Å². The maximum Gasteiger partial charge on any atom is 0.253 e. The van der Waals surface area contributed by atoms with Crippen LogP contribution in [0.1, 0.15) is 0 Å². The highest BCUT2D eigenvalue weighted by atomic mass is 35.5. The van der Waals surface area contributed by atoms with Gasteiger partial charge in [0.15, 0.2) is 0 Å². The molecule has 3 rings (SSSR count). The van der Waals surface area contributed by atoms with Crippen LogP contribution in [0.4, 0.5) is 4.39 Å². The second-order valence-corrected chi connectivity index (χ2v) is 7.82. The van der Waals surface area contributed by atoms with Gasteiger partial charge in [-0.3, -0.25) is 9.36 Å². The summed E-state index contributed by atoms with van der Waals surface area (Å²) in [4.78, 5) is 16.3. The van der Waals surface area contributed by atoms with Crippen LogP contribution in [-0.2, 0) is 16.6 Å². The fourth-order valence-electron chi connectivity index (χ4n) is 2.39. The van der Waals surface area contributed by atoms with Crippen molar-refractivity contribution in [2.24, 2.45) is 0 Å². The highest BCUT2D eigenvalue weighted by Gasteiger charge is 2.15. The van der Waals surface area contributed by atoms with Gasteiger partial charge < -0.3 is 0 Å². The molecule has 0 radical (unpaired) electrons. The molecule has 0 bridgehead atoms. The normalized spacial score (nSPS) is 11.5. The Balaban J connectivity index is 1.68. The van der Waals surface area contributed by atoms with Crippen molar-refractivity contribution in [1.82, 2.24) is 14.3 Å². The number of nitrogens with one attached hydrogen (secondary N) is 1. The minimum absolute atomic E-state index is 0.0381. The van der Waals surface area contributed by atoms with Crippen molar-refractivity contribution < 1.29 is 12.8 Å². The number of sulfonamides is 1. The molecular weight excluding hydrogens is 393 g/mol. The fourth-order valence-corrected chi connectivity index (χ4v) is 3.68. The van der Waals surface area contributed by atoms with Gasteiger partial charge in [-0.25, -0.2) is 22.5 Å². The van der Waals surface area contributed by atoms with Gasteiger partial charge in [0.1, 0.15) is 5.82 Å². The van der Waals surface area contributed by atoms with Crippen LogP contribution in [-0.4, -0.2) is 24.5 Å². The van der Waals surface area contributed by atoms with Crippen molar-refractivity contribution in [1.29, 1.82) is 0 Å². The lowest BCUT2D eigenvalue weighted by Crippen LogP contribution is -2.31. The van der Waals surface area contributed by atoms with Gasteiger partial charge in [-0.2, -0.15) is 0 Å². The number of rotatable bonds is 6. The van der Waals surface area contributed by atoms with Crippen molar-refractivity contribution in [3.05, 3.63) is 82.1 Å². The van der Waals surface area contributed by atoms with Crippen molar-refractivity contribution in [3.8, 4) is 11.3 Å². The number of nitrogens with zero attached hydrogens (tertiary/aromatic N) is 2. The summed E-state index contributed by atoms with van der Waals surface area (Å²) in [6.45, 7) is 0.0542. The second-order valence-electron chi connectivity index (χ2n) is 5.65. The molecular formula is C18H15ClFN3O3S. The number of hydrogen-bond donors (Lipinski definition) is 1. The van der Waals surface area contributed by atoms with Crippen LogP contribution in [0, 0.1) is 5.82 Å². The zero-order valence-corrected chi connectivity index (χ0v) is 15.5. The van der Waals surface area contributed by atoms with Crippen LogP contribution in [0.3, 0.4) is 0 Å². The summed E-state index contributed by atoms with van der Waals surface area (Å²) >= 11 is 5.61. The molecule has 0 aliphatic heterocycles. The summed E-state index contributed by atoms with van der Waals surface area (Å²) in [5, 5.41) is -0.283. The van der Waals surface area contributed by atoms with Gasteiger partial charge in [-0.15, -0.1) is 0 Å². The van der Waals surface area contributed by atoms with Crippen LogP contribution in [0.25, 0.3) is 11.3 Å². The molecule has 6 nitrogen and oxygen atoms in total. The third-order valence-electron chi connectivity index (χ3n) is 3.80. The lowest BCUT2D eigenvalue weighted by Gasteiger charge is -2.09. The molecule has 0 saturated heterocycles. The molecule has 9 heteroatoms. The predicted molar refractivity (Wildman–Crippen MR) is 101 cm³/mol. The van der Waals surface area contributed by atoms with Crippen molar-refractivity contribution >= 4 is 21.6 Å². The second kappa shape index (κ2) is 7.99. The maximum absolute atomic E-state index is 13.2. The van der Waals surface area contributed by atoms with Crippen LogP contribution >= 0.6 is 11.6 Å². The van der Waals surface area contributed by atoms with Crippen LogP contribution in [0.2, 0.25) is 5.02 Å². The van der Waals surface area contributed by atoms with Gasteiger partial charge in [-0.05, 0) is 18.2 Å². The summed E-state index contributed by atoms with van der Waals surface area (Å²) in [5.74, 6) is -0.702. The fraction of sp³-hybridized carbons (Fsp3) is 0.111. The van der Waals surface area contributed by atoms with E-state index in [1.54, 1.807) is 0 Å². The zero-order chi connectivity index (χ0) is 19.4. The average Bonchev–Trinajstić information content (AvgIpc) is 2.66. The topological polar surface area (TPSA) is 81.1 Å². The molecule has 27 heavy (non-hydrogen) atoms. The van der Waals surface area contributed by atoms with E-state index >= 15 is 0 Å². The lowest BCUT2D eigenvalue weighted by atomic mass is 10.1. The first kappa shape index (κ1) is 19.2. The van der Waals surface area contributed by atoms with E-state index in [1.165, 1.54) is 17.0 Å². The highest BCUT2D eigenvalue weighted by molar-refractivity contribution is 7.89. The Morgan fingerprint density at radius 2 is 1.85 bits per heavy atom. The van der Waals surface area contributed by atoms with E-state index in [1.807, 2.05) is 30.3 Å². The third kappa shape index (κ3) is 4.60. The van der Waals surface area contributed by atoms with Gasteiger partial charge in [-0.1, -0.05) is 41.9 Å². The molecule has 0 saturated carbocycles. The van der Waals surface area contributed by atoms with Gasteiger partial charge in [0.2, 0.25) is 10.0 Å². The Morgan fingerprint density at radius 1 is 1.11 bits per heavy atom. The highest BCUT2D eigenvalue weighted by Crippen LogP contribution is 2.19. The van der Waals surface area contributed by atoms with E-state index < -0.39 is 15.8 Å². The van der Waals surface area contributed by atoms with E-state index in [9.17, 15) is 17.6 Å². The van der Waals surface area contributed by atoms with Crippen molar-refractivity contribution in [2.45, 2.75) is 11.4 Å². The largest absolute Gasteiger partial charge is 0.298 e. The minimum atomic E-state index is -3.87. The van der Waals surface area contributed by atoms with Crippen molar-refractivity contribution in [3.63, 3.8) is 0 Å². The first-order valence-electron chi connectivity index (χ1n) is 7.93. The third-order valence-corrected chi connectivity index (χ3v) is 5.54. The summed E-state index contributed by atoms with van der Waals surface area (Å²) < 4.78 is 41.2. The number of aromatic nitrogens is 2. The first-order chi connectivity index (χ1) is 12.9. The Morgan fingerprint density at radius 3 is 2.52 bits per heavy atom. The summed E-state index contributed by atoms with van der Waals surface area (Å²) in [6.07, 6.45) is 1.37. The van der Waals surface area contributed by atoms with Gasteiger partial charge in [0.25, 0.3) is 5.56 Å². The smallest absolute Gasteiger partial charge is 0.253 e. The van der Waals surface area contributed by atoms with E-state index in [0.29, 0.717) is 5.69 Å². The standard InChI is InChI=1S/C18H15ClFN3O3S/c19-15-10-14(6-7-16(15)20)27(25,26)22-8-9-23-12-21-17(11-18(23)24)13-4-2-1-3-5-13/h1-7,10-12,22H,8-9H2. The van der Waals surface area contributed by atoms with Crippen molar-refractivity contribution in [2.75, 3.05) is 6.54 Å². The average molecular weight is 408 g/mol. The quantitative estimate of drug-likeness (QED) is 0.681. The van der Waals surface area contributed by atoms with Gasteiger partial charge >= 0.3 is 0 Å². The molecule has 0 aliphatic rings. The SMILES string of the molecule is O=c1cc(-c2ccccc2)ncn1CCNS(=O)(=O)c1ccc(F)c(Cl)c1. The summed E-state index contributed by atoms with van der Waals surface area (Å²) in [6, 6.07) is 13.8. The molecule has 0 atom stereocenters. The number of benzene rings is 2. The van der Waals surface area contributed by atoms with Crippen LogP contribution in [0.5, 0.6) is 0 Å². The molecule has 1 aromatic heterocycles. The Labute approximate surface area is 160 Å². The number of hydrogen-bond acceptors (Lipinski definition) is 4. The molecule has 1 N–H and O–H groups in total. The predicted octanol–water partition coefficient (Wildman–Crippen LogP) is 2.68. The van der Waals surface area contributed by atoms with Gasteiger partial charge in [0, 0.05) is 24.7 Å². The van der Waals surface area contributed by atoms with Crippen LogP contribution in [0.15, 0.2) is 70.6 Å². The Bertz CT molecular complexity index is 1120. The summed E-state index contributed by atoms with van der Waals surface area (Å²) in [5.41, 5.74) is 1.06. The molecule has 2 aromatic carbocycles. The molecule has 0 spiro atoms. The zero-order valence-electron chi connectivity index (χ0n) is 14.0. The minimum Gasteiger partial charge on any atom is -0.298 e. The Kier molecular flexibility index (Phi) is 5.69. The van der Waals surface area contributed by atoms with E-state index in [0.717, 1.165) is 23.8 Å². The molecule has 0 aliphatic carbocycles. The molecule has 0 fully saturated rings. The maximum atomic E-state index is 13.2. The Hall–Kier alpha value is -2.55. The molecule has 140 valence electrons. The lowest BCUT2D eigenvalue weighted by molar-refractivity contribution is 0.568. The van der Waals surface area contributed by atoms with Gasteiger partial charge in [0.05, 0.1) is 21.9 Å². The molecule has 1 heterocycles. The summed E-state index contributed by atoms with van der Waals surface area (Å²) in [7, 11) is -3.87. The molecule has 3 aromatic rings. The van der Waals surface area contributed by atoms with Crippen LogP contribution < -0.4 is 10.3 Å². The van der Waals surface area contributed by atoms with E-state index in [2.05, 4.69) is 9.71 Å².